The highest BCUT2D eigenvalue weighted by molar-refractivity contribution is 6.32. The third kappa shape index (κ3) is 12.4. The van der Waals surface area contributed by atoms with Crippen LogP contribution >= 0.6 is 11.6 Å². The second-order valence-corrected chi connectivity index (χ2v) is 16.1. The molecule has 2 aliphatic heterocycles. The molecule has 3 N–H and O–H groups in total. The molecular formula is C45H55ClF2N4O11. The van der Waals surface area contributed by atoms with Crippen molar-refractivity contribution in [2.45, 2.75) is 76.5 Å². The van der Waals surface area contributed by atoms with Crippen LogP contribution in [-0.2, 0) is 41.6 Å². The van der Waals surface area contributed by atoms with Crippen molar-refractivity contribution < 1.29 is 62.1 Å². The molecule has 6 rings (SSSR count). The van der Waals surface area contributed by atoms with Crippen molar-refractivity contribution in [3.63, 3.8) is 0 Å². The average molecular weight is 901 g/mol. The highest BCUT2D eigenvalue weighted by atomic mass is 35.5. The van der Waals surface area contributed by atoms with Gasteiger partial charge in [-0.2, -0.15) is 0 Å². The topological polar surface area (TPSA) is 169 Å². The third-order valence-electron chi connectivity index (χ3n) is 11.4. The van der Waals surface area contributed by atoms with Crippen LogP contribution in [0.5, 0.6) is 11.5 Å². The van der Waals surface area contributed by atoms with Crippen molar-refractivity contribution in [2.75, 3.05) is 60.4 Å². The summed E-state index contributed by atoms with van der Waals surface area (Å²) in [6.07, 6.45) is 2.81. The minimum atomic E-state index is -0.814. The molecule has 0 spiro atoms. The van der Waals surface area contributed by atoms with Crippen LogP contribution in [0.3, 0.4) is 0 Å². The van der Waals surface area contributed by atoms with E-state index in [-0.39, 0.29) is 69.5 Å². The molecule has 2 heterocycles. The van der Waals surface area contributed by atoms with E-state index in [0.717, 1.165) is 58.6 Å². The number of hydrogen-bond acceptors (Lipinski definition) is 12. The van der Waals surface area contributed by atoms with E-state index in [1.807, 2.05) is 54.3 Å². The van der Waals surface area contributed by atoms with Gasteiger partial charge in [0.25, 0.3) is 5.91 Å². The Labute approximate surface area is 370 Å². The monoisotopic (exact) mass is 900 g/mol. The molecule has 0 aromatic heterocycles. The summed E-state index contributed by atoms with van der Waals surface area (Å²) in [6, 6.07) is 14.2. The quantitative estimate of drug-likeness (QED) is 0.0558. The van der Waals surface area contributed by atoms with Gasteiger partial charge in [0.1, 0.15) is 23.2 Å². The van der Waals surface area contributed by atoms with Crippen LogP contribution < -0.4 is 14.8 Å². The molecule has 2 bridgehead atoms. The molecule has 1 saturated heterocycles. The van der Waals surface area contributed by atoms with Gasteiger partial charge in [0, 0.05) is 43.8 Å². The van der Waals surface area contributed by atoms with E-state index >= 15 is 4.79 Å². The number of amides is 3. The molecule has 3 atom stereocenters. The third-order valence-corrected chi connectivity index (χ3v) is 11.8. The van der Waals surface area contributed by atoms with E-state index in [1.54, 1.807) is 19.1 Å². The van der Waals surface area contributed by atoms with Crippen LogP contribution in [0.1, 0.15) is 60.8 Å². The van der Waals surface area contributed by atoms with Crippen molar-refractivity contribution >= 4 is 35.1 Å². The van der Waals surface area contributed by atoms with Crippen molar-refractivity contribution in [3.8, 4) is 11.5 Å². The van der Waals surface area contributed by atoms with E-state index in [2.05, 4.69) is 10.2 Å². The minimum Gasteiger partial charge on any atom is -0.496 e. The fourth-order valence-corrected chi connectivity index (χ4v) is 8.47. The maximum Gasteiger partial charge on any atom is 0.410 e. The summed E-state index contributed by atoms with van der Waals surface area (Å²) in [7, 11) is 3.16. The maximum absolute atomic E-state index is 15.4. The number of benzene rings is 3. The number of nitrogens with zero attached hydrogens (tertiary/aromatic N) is 3. The van der Waals surface area contributed by atoms with E-state index in [4.69, 9.17) is 45.7 Å². The predicted octanol–water partition coefficient (Wildman–Crippen LogP) is 6.67. The number of ether oxygens (including phenoxy) is 5. The summed E-state index contributed by atoms with van der Waals surface area (Å²) in [5.74, 6) is -2.03. The Bertz CT molecular complexity index is 2090. The molecule has 3 aromatic carbocycles. The second-order valence-electron chi connectivity index (χ2n) is 15.7. The summed E-state index contributed by atoms with van der Waals surface area (Å²) in [5.41, 5.74) is 4.81. The van der Waals surface area contributed by atoms with Gasteiger partial charge in [-0.15, -0.1) is 0 Å². The van der Waals surface area contributed by atoms with E-state index < -0.39 is 46.1 Å². The number of carbonyl (C=O) groups excluding carboxylic acids is 3. The number of carbonyl (C=O) groups is 3. The maximum atomic E-state index is 15.4. The molecule has 63 heavy (non-hydrogen) atoms. The lowest BCUT2D eigenvalue weighted by atomic mass is 9.73. The number of halogens is 3. The average Bonchev–Trinajstić information content (AvgIpc) is 4.11. The van der Waals surface area contributed by atoms with Crippen molar-refractivity contribution in [1.29, 1.82) is 0 Å². The lowest BCUT2D eigenvalue weighted by Crippen LogP contribution is -2.59. The number of fused-ring (bicyclic) bond motifs is 2. The van der Waals surface area contributed by atoms with Gasteiger partial charge < -0.3 is 33.9 Å². The fraction of sp³-hybridized carbons (Fsp3) is 0.489. The SMILES string of the molecule is COCCNC(=O)C1CC2CC(c3ccc(CCCOc4c(F)ccc(F)c4Cl)cc3)=C(C(=O)N(Cc3ccc(OC)c(C)c3)C3CC3)C(C1)N2C(=O)OCCOCCON(O)O. The number of aryl methyl sites for hydroxylation is 2. The molecule has 1 saturated carbocycles. The second kappa shape index (κ2) is 22.7. The predicted molar refractivity (Wildman–Crippen MR) is 225 cm³/mol. The lowest BCUT2D eigenvalue weighted by molar-refractivity contribution is -0.493. The Balaban J connectivity index is 1.30. The number of hydrogen-bond donors (Lipinski definition) is 3. The first-order valence-electron chi connectivity index (χ1n) is 21.0. The van der Waals surface area contributed by atoms with Crippen molar-refractivity contribution in [2.24, 2.45) is 5.92 Å². The summed E-state index contributed by atoms with van der Waals surface area (Å²) in [5, 5.41) is 19.6. The molecular weight excluding hydrogens is 846 g/mol. The first kappa shape index (κ1) is 47.6. The Morgan fingerprint density at radius 3 is 2.33 bits per heavy atom. The van der Waals surface area contributed by atoms with Gasteiger partial charge in [-0.1, -0.05) is 48.0 Å². The van der Waals surface area contributed by atoms with Gasteiger partial charge in [-0.3, -0.25) is 24.9 Å². The Hall–Kier alpha value is -4.88. The zero-order valence-corrected chi connectivity index (χ0v) is 36.4. The van der Waals surface area contributed by atoms with Crippen LogP contribution in [-0.4, -0.2) is 122 Å². The van der Waals surface area contributed by atoms with Gasteiger partial charge in [0.05, 0.1) is 51.6 Å². The molecule has 2 fully saturated rings. The molecule has 3 aromatic rings. The van der Waals surface area contributed by atoms with Crippen molar-refractivity contribution in [1.82, 2.24) is 20.5 Å². The van der Waals surface area contributed by atoms with Gasteiger partial charge in [-0.25, -0.2) is 18.4 Å². The number of methoxy groups -OCH3 is 2. The first-order chi connectivity index (χ1) is 30.4. The van der Waals surface area contributed by atoms with Crippen LogP contribution in [0.4, 0.5) is 13.6 Å². The number of piperidine rings is 1. The summed E-state index contributed by atoms with van der Waals surface area (Å²) < 4.78 is 55.5. The first-order valence-corrected chi connectivity index (χ1v) is 21.4. The van der Waals surface area contributed by atoms with Crippen LogP contribution in [0.15, 0.2) is 60.2 Å². The van der Waals surface area contributed by atoms with Gasteiger partial charge in [0.15, 0.2) is 11.6 Å². The standard InChI is InChI=1S/C45H55ClF2N4O11/c1-28-23-30(8-15-39(28)59-3)27-50(33-11-12-33)44(54)40-35(31-9-6-29(7-10-31)5-4-17-61-42-37(48)14-13-36(47)41(42)46)26-34-24-32(43(53)49-16-18-58-2)25-38(40)51(34)45(55)62-21-19-60-20-22-63-52(56)57/h6-10,13-15,23,32-34,38,56-57H,4-5,11-12,16-22,24-27H2,1-3H3,(H,49,53). The lowest BCUT2D eigenvalue weighted by Gasteiger charge is -2.49. The molecule has 18 heteroatoms. The summed E-state index contributed by atoms with van der Waals surface area (Å²) >= 11 is 5.93. The molecule has 1 aliphatic carbocycles. The van der Waals surface area contributed by atoms with Crippen molar-refractivity contribution in [3.05, 3.63) is 99.1 Å². The van der Waals surface area contributed by atoms with Gasteiger partial charge in [0.2, 0.25) is 5.91 Å². The Morgan fingerprint density at radius 1 is 0.905 bits per heavy atom. The van der Waals surface area contributed by atoms with Gasteiger partial charge >= 0.3 is 6.09 Å². The number of nitrogens with one attached hydrogen (secondary N) is 1. The Kier molecular flexibility index (Phi) is 17.1. The molecule has 3 unspecified atom stereocenters. The zero-order valence-electron chi connectivity index (χ0n) is 35.7. The minimum absolute atomic E-state index is 0.00279. The normalized spacial score (nSPS) is 18.4. The summed E-state index contributed by atoms with van der Waals surface area (Å²) in [6.45, 7) is 2.72. The van der Waals surface area contributed by atoms with Crippen LogP contribution in [0.25, 0.3) is 5.57 Å². The molecule has 0 radical (unpaired) electrons. The largest absolute Gasteiger partial charge is 0.496 e. The molecule has 3 aliphatic rings. The molecule has 15 nitrogen and oxygen atoms in total. The Morgan fingerprint density at radius 2 is 1.63 bits per heavy atom. The van der Waals surface area contributed by atoms with Crippen LogP contribution in [0, 0.1) is 24.5 Å². The number of rotatable bonds is 22. The fourth-order valence-electron chi connectivity index (χ4n) is 8.27. The van der Waals surface area contributed by atoms with E-state index in [1.165, 1.54) is 0 Å². The zero-order chi connectivity index (χ0) is 45.0. The molecule has 3 amide bonds. The van der Waals surface area contributed by atoms with E-state index in [9.17, 15) is 18.4 Å². The van der Waals surface area contributed by atoms with Gasteiger partial charge in [-0.05, 0) is 97.9 Å². The van der Waals surface area contributed by atoms with E-state index in [0.29, 0.717) is 44.5 Å². The van der Waals surface area contributed by atoms with Crippen LogP contribution in [0.2, 0.25) is 5.02 Å². The highest BCUT2D eigenvalue weighted by Crippen LogP contribution is 2.46. The smallest absolute Gasteiger partial charge is 0.410 e. The highest BCUT2D eigenvalue weighted by Gasteiger charge is 2.50. The molecule has 342 valence electrons. The summed E-state index contributed by atoms with van der Waals surface area (Å²) in [4.78, 5) is 51.1.